The van der Waals surface area contributed by atoms with Gasteiger partial charge in [0.2, 0.25) is 0 Å². The van der Waals surface area contributed by atoms with E-state index in [4.69, 9.17) is 27.9 Å². The molecule has 1 aliphatic heterocycles. The fraction of sp³-hybridized carbons (Fsp3) is 0.308. The number of rotatable bonds is 8. The van der Waals surface area contributed by atoms with Crippen LogP contribution in [0.25, 0.3) is 0 Å². The average Bonchev–Trinajstić information content (AvgIpc) is 3.59. The number of hydrogen-bond donors (Lipinski definition) is 2. The predicted molar refractivity (Wildman–Crippen MR) is 143 cm³/mol. The van der Waals surface area contributed by atoms with Crippen LogP contribution < -0.4 is 10.6 Å². The standard InChI is InChI=1S/C26H26Cl2N4O4S/c1-16-19(27)10-9-18(22(16)28)25(34)32-13-5-8-21(32)24-31-20(15-37-24)23(33)29-11-12-30-26(35)36-14-17-6-3-2-4-7-17/h2-4,6-7,9-10,15,21H,5,8,11-14H2,1H3,(H,29,33)(H,30,35). The Morgan fingerprint density at radius 2 is 1.86 bits per heavy atom. The van der Waals surface area contributed by atoms with Crippen LogP contribution in [0.5, 0.6) is 0 Å². The highest BCUT2D eigenvalue weighted by atomic mass is 35.5. The molecule has 1 atom stereocenters. The highest BCUT2D eigenvalue weighted by molar-refractivity contribution is 7.09. The summed E-state index contributed by atoms with van der Waals surface area (Å²) in [6.45, 7) is 2.95. The van der Waals surface area contributed by atoms with Crippen molar-refractivity contribution in [1.29, 1.82) is 0 Å². The molecule has 8 nitrogen and oxygen atoms in total. The van der Waals surface area contributed by atoms with E-state index in [9.17, 15) is 14.4 Å². The van der Waals surface area contributed by atoms with Gasteiger partial charge in [0, 0.05) is 30.0 Å². The van der Waals surface area contributed by atoms with Crippen LogP contribution in [0, 0.1) is 6.92 Å². The van der Waals surface area contributed by atoms with Crippen molar-refractivity contribution in [3.05, 3.63) is 85.3 Å². The van der Waals surface area contributed by atoms with Crippen LogP contribution in [0.4, 0.5) is 4.79 Å². The third-order valence-corrected chi connectivity index (χ3v) is 7.84. The molecule has 3 amide bonds. The molecule has 4 rings (SSSR count). The fourth-order valence-electron chi connectivity index (χ4n) is 4.00. The Kier molecular flexibility index (Phi) is 9.02. The van der Waals surface area contributed by atoms with Crippen LogP contribution in [0.1, 0.15) is 55.9 Å². The largest absolute Gasteiger partial charge is 0.445 e. The quantitative estimate of drug-likeness (QED) is 0.359. The number of amides is 3. The Hall–Kier alpha value is -3.14. The maximum atomic E-state index is 13.3. The maximum absolute atomic E-state index is 13.3. The van der Waals surface area contributed by atoms with Gasteiger partial charge in [0.1, 0.15) is 17.3 Å². The third-order valence-electron chi connectivity index (χ3n) is 6.00. The summed E-state index contributed by atoms with van der Waals surface area (Å²) >= 11 is 13.9. The first-order valence-electron chi connectivity index (χ1n) is 11.8. The number of aromatic nitrogens is 1. The van der Waals surface area contributed by atoms with Crippen molar-refractivity contribution in [2.75, 3.05) is 19.6 Å². The molecular formula is C26H26Cl2N4O4S. The zero-order chi connectivity index (χ0) is 26.4. The van der Waals surface area contributed by atoms with Gasteiger partial charge in [-0.25, -0.2) is 9.78 Å². The van der Waals surface area contributed by atoms with Gasteiger partial charge < -0.3 is 20.3 Å². The number of halogens is 2. The lowest BCUT2D eigenvalue weighted by Crippen LogP contribution is -2.35. The lowest BCUT2D eigenvalue weighted by molar-refractivity contribution is 0.0735. The molecule has 2 heterocycles. The minimum atomic E-state index is -0.559. The predicted octanol–water partition coefficient (Wildman–Crippen LogP) is 5.39. The summed E-state index contributed by atoms with van der Waals surface area (Å²) in [7, 11) is 0. The topological polar surface area (TPSA) is 101 Å². The molecule has 1 fully saturated rings. The molecule has 2 N–H and O–H groups in total. The first-order chi connectivity index (χ1) is 17.8. The van der Waals surface area contributed by atoms with Gasteiger partial charge in [-0.3, -0.25) is 9.59 Å². The highest BCUT2D eigenvalue weighted by Gasteiger charge is 2.34. The van der Waals surface area contributed by atoms with E-state index in [1.807, 2.05) is 30.3 Å². The number of carbonyl (C=O) groups excluding carboxylic acids is 3. The second-order valence-electron chi connectivity index (χ2n) is 8.51. The molecule has 1 unspecified atom stereocenters. The Balaban J connectivity index is 1.28. The molecule has 194 valence electrons. The molecule has 0 bridgehead atoms. The third kappa shape index (κ3) is 6.60. The van der Waals surface area contributed by atoms with Gasteiger partial charge in [0.15, 0.2) is 0 Å². The van der Waals surface area contributed by atoms with E-state index in [1.165, 1.54) is 11.3 Å². The minimum absolute atomic E-state index is 0.172. The SMILES string of the molecule is Cc1c(Cl)ccc(C(=O)N2CCCC2c2nc(C(=O)NCCNC(=O)OCc3ccccc3)cs2)c1Cl. The number of thiazole rings is 1. The van der Waals surface area contributed by atoms with E-state index in [-0.39, 0.29) is 43.2 Å². The maximum Gasteiger partial charge on any atom is 0.407 e. The highest BCUT2D eigenvalue weighted by Crippen LogP contribution is 2.37. The van der Waals surface area contributed by atoms with E-state index in [2.05, 4.69) is 15.6 Å². The number of hydrogen-bond acceptors (Lipinski definition) is 6. The molecular weight excluding hydrogens is 535 g/mol. The Labute approximate surface area is 228 Å². The van der Waals surface area contributed by atoms with Gasteiger partial charge in [-0.15, -0.1) is 11.3 Å². The molecule has 1 aromatic heterocycles. The monoisotopic (exact) mass is 560 g/mol. The zero-order valence-corrected chi connectivity index (χ0v) is 22.5. The van der Waals surface area contributed by atoms with Crippen molar-refractivity contribution in [1.82, 2.24) is 20.5 Å². The molecule has 3 aromatic rings. The van der Waals surface area contributed by atoms with Crippen molar-refractivity contribution in [3.8, 4) is 0 Å². The number of nitrogens with zero attached hydrogens (tertiary/aromatic N) is 2. The number of nitrogens with one attached hydrogen (secondary N) is 2. The van der Waals surface area contributed by atoms with Crippen molar-refractivity contribution >= 4 is 52.4 Å². The van der Waals surface area contributed by atoms with E-state index < -0.39 is 6.09 Å². The normalized spacial score (nSPS) is 14.9. The summed E-state index contributed by atoms with van der Waals surface area (Å²) in [6.07, 6.45) is 1.02. The van der Waals surface area contributed by atoms with Gasteiger partial charge in [-0.05, 0) is 43.0 Å². The first-order valence-corrected chi connectivity index (χ1v) is 13.4. The molecule has 11 heteroatoms. The second-order valence-corrected chi connectivity index (χ2v) is 10.2. The molecule has 37 heavy (non-hydrogen) atoms. The van der Waals surface area contributed by atoms with Gasteiger partial charge in [-0.2, -0.15) is 0 Å². The molecule has 0 aliphatic carbocycles. The summed E-state index contributed by atoms with van der Waals surface area (Å²) in [4.78, 5) is 43.9. The van der Waals surface area contributed by atoms with E-state index >= 15 is 0 Å². The number of alkyl carbamates (subject to hydrolysis) is 1. The van der Waals surface area contributed by atoms with Crippen molar-refractivity contribution < 1.29 is 19.1 Å². The summed E-state index contributed by atoms with van der Waals surface area (Å²) in [5.41, 5.74) is 2.22. The van der Waals surface area contributed by atoms with Crippen molar-refractivity contribution in [2.45, 2.75) is 32.4 Å². The minimum Gasteiger partial charge on any atom is -0.445 e. The lowest BCUT2D eigenvalue weighted by Gasteiger charge is -2.24. The van der Waals surface area contributed by atoms with Gasteiger partial charge >= 0.3 is 6.09 Å². The summed E-state index contributed by atoms with van der Waals surface area (Å²) in [5, 5.41) is 8.56. The van der Waals surface area contributed by atoms with E-state index in [0.29, 0.717) is 32.7 Å². The first kappa shape index (κ1) is 26.9. The molecule has 2 aromatic carbocycles. The Morgan fingerprint density at radius 3 is 2.65 bits per heavy atom. The summed E-state index contributed by atoms with van der Waals surface area (Å²) < 4.78 is 5.14. The molecule has 1 aliphatic rings. The Morgan fingerprint density at radius 1 is 1.11 bits per heavy atom. The number of likely N-dealkylation sites (tertiary alicyclic amines) is 1. The van der Waals surface area contributed by atoms with Gasteiger partial charge in [0.05, 0.1) is 16.6 Å². The van der Waals surface area contributed by atoms with Gasteiger partial charge in [0.25, 0.3) is 11.8 Å². The van der Waals surface area contributed by atoms with Crippen LogP contribution in [0.2, 0.25) is 10.0 Å². The smallest absolute Gasteiger partial charge is 0.407 e. The van der Waals surface area contributed by atoms with E-state index in [1.54, 1.807) is 29.3 Å². The van der Waals surface area contributed by atoms with Crippen LogP contribution >= 0.6 is 34.5 Å². The Bertz CT molecular complexity index is 1280. The number of benzene rings is 2. The van der Waals surface area contributed by atoms with Crippen LogP contribution in [0.3, 0.4) is 0 Å². The molecule has 0 radical (unpaired) electrons. The van der Waals surface area contributed by atoms with E-state index in [0.717, 1.165) is 18.4 Å². The number of carbonyl (C=O) groups is 3. The summed E-state index contributed by atoms with van der Waals surface area (Å²) in [6, 6.07) is 12.4. The van der Waals surface area contributed by atoms with Crippen molar-refractivity contribution in [3.63, 3.8) is 0 Å². The molecule has 1 saturated heterocycles. The lowest BCUT2D eigenvalue weighted by atomic mass is 10.1. The zero-order valence-electron chi connectivity index (χ0n) is 20.1. The van der Waals surface area contributed by atoms with Crippen LogP contribution in [0.15, 0.2) is 47.8 Å². The van der Waals surface area contributed by atoms with Gasteiger partial charge in [-0.1, -0.05) is 53.5 Å². The molecule has 0 spiro atoms. The van der Waals surface area contributed by atoms with Crippen molar-refractivity contribution in [2.24, 2.45) is 0 Å². The second kappa shape index (κ2) is 12.4. The fourth-order valence-corrected chi connectivity index (χ4v) is 5.39. The average molecular weight is 561 g/mol. The molecule has 0 saturated carbocycles. The van der Waals surface area contributed by atoms with Crippen LogP contribution in [-0.2, 0) is 11.3 Å². The number of ether oxygens (including phenoxy) is 1. The van der Waals surface area contributed by atoms with Crippen LogP contribution in [-0.4, -0.2) is 47.4 Å². The summed E-state index contributed by atoms with van der Waals surface area (Å²) in [5.74, 6) is -0.534.